The lowest BCUT2D eigenvalue weighted by Gasteiger charge is -2.18. The number of amides is 1. The topological polar surface area (TPSA) is 71.3 Å². The van der Waals surface area contributed by atoms with Crippen molar-refractivity contribution in [1.82, 2.24) is 20.4 Å². The molecule has 2 rings (SSSR count). The quantitative estimate of drug-likeness (QED) is 0.786. The van der Waals surface area contributed by atoms with Crippen molar-refractivity contribution >= 4 is 17.7 Å². The second-order valence-corrected chi connectivity index (χ2v) is 5.87. The van der Waals surface area contributed by atoms with Crippen LogP contribution in [0.15, 0.2) is 33.9 Å². The Labute approximate surface area is 134 Å². The van der Waals surface area contributed by atoms with Gasteiger partial charge in [-0.3, -0.25) is 4.79 Å². The number of hydrogen-bond acceptors (Lipinski definition) is 6. The number of likely N-dealkylation sites (N-methyl/N-ethyl adjacent to an activating group) is 2. The number of aromatic nitrogens is 2. The Bertz CT molecular complexity index is 630. The fraction of sp³-hybridized carbons (Fsp3) is 0.400. The van der Waals surface area contributed by atoms with Crippen molar-refractivity contribution in [2.75, 3.05) is 27.2 Å². The van der Waals surface area contributed by atoms with Gasteiger partial charge in [-0.25, -0.2) is 4.98 Å². The Morgan fingerprint density at radius 1 is 1.50 bits per heavy atom. The molecule has 2 aromatic heterocycles. The molecular formula is C15H20N4O2S. The van der Waals surface area contributed by atoms with Gasteiger partial charge in [0.25, 0.3) is 5.91 Å². The molecule has 0 bridgehead atoms. The lowest BCUT2D eigenvalue weighted by Crippen LogP contribution is -2.33. The molecule has 2 aromatic rings. The van der Waals surface area contributed by atoms with E-state index >= 15 is 0 Å². The summed E-state index contributed by atoms with van der Waals surface area (Å²) in [5.41, 5.74) is 1.46. The molecule has 0 aliphatic heterocycles. The van der Waals surface area contributed by atoms with Crippen molar-refractivity contribution < 1.29 is 9.32 Å². The van der Waals surface area contributed by atoms with Crippen LogP contribution in [0.25, 0.3) is 0 Å². The van der Waals surface area contributed by atoms with Crippen LogP contribution in [0.3, 0.4) is 0 Å². The molecule has 0 atom stereocenters. The molecular weight excluding hydrogens is 300 g/mol. The number of nitrogens with zero attached hydrogens (tertiary/aromatic N) is 3. The zero-order valence-electron chi connectivity index (χ0n) is 13.0. The van der Waals surface area contributed by atoms with Crippen LogP contribution in [0.4, 0.5) is 0 Å². The van der Waals surface area contributed by atoms with E-state index in [-0.39, 0.29) is 5.91 Å². The molecule has 22 heavy (non-hydrogen) atoms. The zero-order chi connectivity index (χ0) is 15.9. The maximum absolute atomic E-state index is 12.5. The first-order chi connectivity index (χ1) is 10.6. The van der Waals surface area contributed by atoms with Crippen LogP contribution < -0.4 is 5.32 Å². The molecule has 0 saturated heterocycles. The highest BCUT2D eigenvalue weighted by molar-refractivity contribution is 7.98. The molecule has 0 fully saturated rings. The first kappa shape index (κ1) is 16.5. The molecule has 118 valence electrons. The predicted octanol–water partition coefficient (Wildman–Crippen LogP) is 1.96. The highest BCUT2D eigenvalue weighted by Gasteiger charge is 2.17. The third-order valence-electron chi connectivity index (χ3n) is 3.08. The van der Waals surface area contributed by atoms with Crippen LogP contribution in [-0.4, -0.2) is 48.1 Å². The molecule has 0 aliphatic rings. The van der Waals surface area contributed by atoms with E-state index in [0.29, 0.717) is 22.9 Å². The van der Waals surface area contributed by atoms with E-state index in [1.165, 1.54) is 11.8 Å². The molecule has 0 saturated carbocycles. The molecule has 0 unspecified atom stereocenters. The van der Waals surface area contributed by atoms with Crippen molar-refractivity contribution in [2.45, 2.75) is 17.7 Å². The maximum Gasteiger partial charge on any atom is 0.256 e. The summed E-state index contributed by atoms with van der Waals surface area (Å²) < 4.78 is 5.05. The highest BCUT2D eigenvalue weighted by atomic mass is 32.2. The number of rotatable bonds is 7. The van der Waals surface area contributed by atoms with Gasteiger partial charge >= 0.3 is 0 Å². The minimum atomic E-state index is -0.0258. The third kappa shape index (κ3) is 4.32. The molecule has 0 aliphatic carbocycles. The first-order valence-corrected chi connectivity index (χ1v) is 8.00. The number of carbonyl (C=O) groups is 1. The number of carbonyl (C=O) groups excluding carboxylic acids is 1. The number of pyridine rings is 1. The second kappa shape index (κ2) is 7.95. The standard InChI is InChI=1S/C15H20N4O2S/c1-11-9-12(18-21-11)10-22-14-13(5-4-6-17-14)15(20)19(3)8-7-16-2/h4-6,9,16H,7-8,10H2,1-3H3. The van der Waals surface area contributed by atoms with Gasteiger partial charge in [-0.2, -0.15) is 0 Å². The molecule has 0 aromatic carbocycles. The van der Waals surface area contributed by atoms with Gasteiger partial charge in [0.1, 0.15) is 10.8 Å². The Hall–Kier alpha value is -1.86. The second-order valence-electron chi connectivity index (χ2n) is 4.90. The van der Waals surface area contributed by atoms with Gasteiger partial charge in [0.05, 0.1) is 11.3 Å². The fourth-order valence-electron chi connectivity index (χ4n) is 1.88. The van der Waals surface area contributed by atoms with Crippen molar-refractivity contribution in [2.24, 2.45) is 0 Å². The van der Waals surface area contributed by atoms with Gasteiger partial charge in [-0.1, -0.05) is 16.9 Å². The lowest BCUT2D eigenvalue weighted by atomic mass is 10.2. The molecule has 6 nitrogen and oxygen atoms in total. The number of aryl methyl sites for hydroxylation is 1. The lowest BCUT2D eigenvalue weighted by molar-refractivity contribution is 0.0792. The van der Waals surface area contributed by atoms with Gasteiger partial charge in [0.2, 0.25) is 0 Å². The molecule has 0 spiro atoms. The van der Waals surface area contributed by atoms with E-state index in [4.69, 9.17) is 4.52 Å². The third-order valence-corrected chi connectivity index (χ3v) is 4.12. The first-order valence-electron chi connectivity index (χ1n) is 7.02. The zero-order valence-corrected chi connectivity index (χ0v) is 13.8. The average Bonchev–Trinajstić information content (AvgIpc) is 2.95. The summed E-state index contributed by atoms with van der Waals surface area (Å²) in [7, 11) is 3.66. The normalized spacial score (nSPS) is 10.7. The Morgan fingerprint density at radius 3 is 3.00 bits per heavy atom. The fourth-order valence-corrected chi connectivity index (χ4v) is 2.75. The molecule has 1 amide bonds. The van der Waals surface area contributed by atoms with Crippen LogP contribution >= 0.6 is 11.8 Å². The summed E-state index contributed by atoms with van der Waals surface area (Å²) in [6.07, 6.45) is 1.70. The van der Waals surface area contributed by atoms with Crippen molar-refractivity contribution in [3.63, 3.8) is 0 Å². The highest BCUT2D eigenvalue weighted by Crippen LogP contribution is 2.24. The largest absolute Gasteiger partial charge is 0.361 e. The van der Waals surface area contributed by atoms with E-state index in [0.717, 1.165) is 18.0 Å². The van der Waals surface area contributed by atoms with E-state index in [1.54, 1.807) is 24.2 Å². The Morgan fingerprint density at radius 2 is 2.32 bits per heavy atom. The maximum atomic E-state index is 12.5. The van der Waals surface area contributed by atoms with Crippen molar-refractivity contribution in [3.05, 3.63) is 41.4 Å². The minimum absolute atomic E-state index is 0.0258. The van der Waals surface area contributed by atoms with Crippen LogP contribution in [0.5, 0.6) is 0 Å². The van der Waals surface area contributed by atoms with Gasteiger partial charge in [0.15, 0.2) is 0 Å². The van der Waals surface area contributed by atoms with Crippen LogP contribution in [0.2, 0.25) is 0 Å². The summed E-state index contributed by atoms with van der Waals surface area (Å²) >= 11 is 1.49. The van der Waals surface area contributed by atoms with Gasteiger partial charge in [-0.15, -0.1) is 0 Å². The smallest absolute Gasteiger partial charge is 0.256 e. The molecule has 1 N–H and O–H groups in total. The summed E-state index contributed by atoms with van der Waals surface area (Å²) in [6, 6.07) is 5.47. The molecule has 7 heteroatoms. The summed E-state index contributed by atoms with van der Waals surface area (Å²) in [5, 5.41) is 7.70. The average molecular weight is 320 g/mol. The summed E-state index contributed by atoms with van der Waals surface area (Å²) in [4.78, 5) is 18.5. The van der Waals surface area contributed by atoms with E-state index in [2.05, 4.69) is 15.5 Å². The van der Waals surface area contributed by atoms with Crippen LogP contribution in [-0.2, 0) is 5.75 Å². The van der Waals surface area contributed by atoms with E-state index in [1.807, 2.05) is 26.1 Å². The summed E-state index contributed by atoms with van der Waals surface area (Å²) in [6.45, 7) is 3.26. The number of nitrogens with one attached hydrogen (secondary N) is 1. The van der Waals surface area contributed by atoms with Gasteiger partial charge in [-0.05, 0) is 26.1 Å². The predicted molar refractivity (Wildman–Crippen MR) is 85.9 cm³/mol. The molecule has 2 heterocycles. The van der Waals surface area contributed by atoms with E-state index < -0.39 is 0 Å². The van der Waals surface area contributed by atoms with E-state index in [9.17, 15) is 4.79 Å². The SMILES string of the molecule is CNCCN(C)C(=O)c1cccnc1SCc1cc(C)on1. The van der Waals surface area contributed by atoms with Crippen molar-refractivity contribution in [1.29, 1.82) is 0 Å². The Kier molecular flexibility index (Phi) is 5.97. The summed E-state index contributed by atoms with van der Waals surface area (Å²) in [5.74, 6) is 1.37. The number of hydrogen-bond donors (Lipinski definition) is 1. The van der Waals surface area contributed by atoms with Crippen molar-refractivity contribution in [3.8, 4) is 0 Å². The minimum Gasteiger partial charge on any atom is -0.361 e. The van der Waals surface area contributed by atoms with Crippen LogP contribution in [0, 0.1) is 6.92 Å². The monoisotopic (exact) mass is 320 g/mol. The number of thioether (sulfide) groups is 1. The molecule has 0 radical (unpaired) electrons. The van der Waals surface area contributed by atoms with Gasteiger partial charge < -0.3 is 14.7 Å². The Balaban J connectivity index is 2.07. The van der Waals surface area contributed by atoms with Gasteiger partial charge in [0, 0.05) is 38.2 Å². The van der Waals surface area contributed by atoms with Crippen LogP contribution in [0.1, 0.15) is 21.8 Å².